The minimum Gasteiger partial charge on any atom is -0.376 e. The van der Waals surface area contributed by atoms with Crippen LogP contribution in [0.1, 0.15) is 10.4 Å². The Hall–Kier alpha value is -0.970. The summed E-state index contributed by atoms with van der Waals surface area (Å²) >= 11 is 5.60. The molecule has 1 atom stereocenters. The van der Waals surface area contributed by atoms with Gasteiger partial charge in [0.2, 0.25) is 0 Å². The fraction of sp³-hybridized carbons (Fsp3) is 0.364. The zero-order valence-corrected chi connectivity index (χ0v) is 9.17. The second-order valence-corrected chi connectivity index (χ2v) is 3.86. The first-order valence-corrected chi connectivity index (χ1v) is 5.25. The number of ketones is 1. The summed E-state index contributed by atoms with van der Waals surface area (Å²) in [5, 5.41) is 0.259. The van der Waals surface area contributed by atoms with Crippen LogP contribution in [0, 0.1) is 5.82 Å². The third-order valence-corrected chi connectivity index (χ3v) is 2.54. The molecule has 3 nitrogen and oxygen atoms in total. The van der Waals surface area contributed by atoms with Crippen molar-refractivity contribution in [2.24, 2.45) is 0 Å². The van der Waals surface area contributed by atoms with Gasteiger partial charge >= 0.3 is 0 Å². The molecule has 2 rings (SSSR count). The van der Waals surface area contributed by atoms with Gasteiger partial charge in [0, 0.05) is 5.02 Å². The number of ether oxygens (including phenoxy) is 2. The number of hydrogen-bond donors (Lipinski definition) is 0. The van der Waals surface area contributed by atoms with E-state index in [1.165, 1.54) is 12.1 Å². The molecule has 1 aliphatic rings. The number of rotatable bonds is 2. The predicted molar refractivity (Wildman–Crippen MR) is 56.3 cm³/mol. The van der Waals surface area contributed by atoms with Gasteiger partial charge < -0.3 is 9.47 Å². The average molecular weight is 245 g/mol. The molecule has 1 fully saturated rings. The van der Waals surface area contributed by atoms with E-state index in [1.807, 2.05) is 0 Å². The molecule has 1 aliphatic heterocycles. The highest BCUT2D eigenvalue weighted by Crippen LogP contribution is 2.17. The third-order valence-electron chi connectivity index (χ3n) is 2.30. The lowest BCUT2D eigenvalue weighted by atomic mass is 10.1. The van der Waals surface area contributed by atoms with Crippen LogP contribution >= 0.6 is 11.6 Å². The van der Waals surface area contributed by atoms with Crippen LogP contribution in [-0.2, 0) is 9.47 Å². The van der Waals surface area contributed by atoms with E-state index >= 15 is 0 Å². The fourth-order valence-corrected chi connectivity index (χ4v) is 1.66. The van der Waals surface area contributed by atoms with Gasteiger partial charge in [0.15, 0.2) is 5.78 Å². The van der Waals surface area contributed by atoms with Crippen molar-refractivity contribution in [3.8, 4) is 0 Å². The van der Waals surface area contributed by atoms with Crippen molar-refractivity contribution in [2.75, 3.05) is 19.8 Å². The molecule has 16 heavy (non-hydrogen) atoms. The Morgan fingerprint density at radius 3 is 2.88 bits per heavy atom. The van der Waals surface area contributed by atoms with Crippen molar-refractivity contribution in [1.29, 1.82) is 0 Å². The van der Waals surface area contributed by atoms with E-state index in [4.69, 9.17) is 21.1 Å². The Morgan fingerprint density at radius 1 is 1.44 bits per heavy atom. The van der Waals surface area contributed by atoms with Gasteiger partial charge in [-0.2, -0.15) is 0 Å². The van der Waals surface area contributed by atoms with Crippen LogP contribution in [-0.4, -0.2) is 31.7 Å². The number of halogens is 2. The maximum atomic E-state index is 13.5. The summed E-state index contributed by atoms with van der Waals surface area (Å²) in [7, 11) is 0. The standard InChI is InChI=1S/C11H10ClFO3/c12-7-1-2-8(9(13)5-7)11(14)10-6-15-3-4-16-10/h1-2,5,10H,3-4,6H2. The Morgan fingerprint density at radius 2 is 2.25 bits per heavy atom. The van der Waals surface area contributed by atoms with E-state index < -0.39 is 17.7 Å². The first-order chi connectivity index (χ1) is 7.68. The van der Waals surface area contributed by atoms with Crippen molar-refractivity contribution in [3.63, 3.8) is 0 Å². The minimum atomic E-state index is -0.718. The molecule has 0 aliphatic carbocycles. The summed E-state index contributed by atoms with van der Waals surface area (Å²) in [5.74, 6) is -1.04. The van der Waals surface area contributed by atoms with Gasteiger partial charge in [-0.05, 0) is 18.2 Å². The van der Waals surface area contributed by atoms with Gasteiger partial charge in [-0.25, -0.2) is 4.39 Å². The Bertz CT molecular complexity index is 402. The quantitative estimate of drug-likeness (QED) is 0.748. The molecule has 1 heterocycles. The van der Waals surface area contributed by atoms with Crippen LogP contribution in [0.25, 0.3) is 0 Å². The zero-order valence-electron chi connectivity index (χ0n) is 8.41. The second-order valence-electron chi connectivity index (χ2n) is 3.42. The number of Topliss-reactive ketones (excluding diaryl/α,β-unsaturated/α-hetero) is 1. The van der Waals surface area contributed by atoms with E-state index in [1.54, 1.807) is 0 Å². The smallest absolute Gasteiger partial charge is 0.196 e. The van der Waals surface area contributed by atoms with Gasteiger partial charge in [0.25, 0.3) is 0 Å². The van der Waals surface area contributed by atoms with Crippen LogP contribution in [0.5, 0.6) is 0 Å². The van der Waals surface area contributed by atoms with E-state index in [0.717, 1.165) is 6.07 Å². The summed E-state index contributed by atoms with van der Waals surface area (Å²) in [6.45, 7) is 0.986. The molecule has 0 aromatic heterocycles. The van der Waals surface area contributed by atoms with Gasteiger partial charge in [-0.1, -0.05) is 11.6 Å². The molecule has 0 spiro atoms. The van der Waals surface area contributed by atoms with Crippen LogP contribution < -0.4 is 0 Å². The molecule has 1 unspecified atom stereocenters. The van der Waals surface area contributed by atoms with Crippen molar-refractivity contribution < 1.29 is 18.7 Å². The molecule has 5 heteroatoms. The van der Waals surface area contributed by atoms with Gasteiger partial charge in [-0.3, -0.25) is 4.79 Å². The molecular weight excluding hydrogens is 235 g/mol. The van der Waals surface area contributed by atoms with Crippen LogP contribution in [0.3, 0.4) is 0 Å². The van der Waals surface area contributed by atoms with E-state index in [-0.39, 0.29) is 17.2 Å². The lowest BCUT2D eigenvalue weighted by Crippen LogP contribution is -2.35. The first-order valence-electron chi connectivity index (χ1n) is 4.87. The summed E-state index contributed by atoms with van der Waals surface area (Å²) in [4.78, 5) is 11.8. The molecule has 1 saturated heterocycles. The van der Waals surface area contributed by atoms with Gasteiger partial charge in [-0.15, -0.1) is 0 Å². The SMILES string of the molecule is O=C(c1ccc(Cl)cc1F)C1COCCO1. The molecule has 1 aromatic rings. The van der Waals surface area contributed by atoms with Gasteiger partial charge in [0.05, 0.1) is 25.4 Å². The van der Waals surface area contributed by atoms with E-state index in [0.29, 0.717) is 13.2 Å². The van der Waals surface area contributed by atoms with E-state index in [2.05, 4.69) is 0 Å². The highest BCUT2D eigenvalue weighted by molar-refractivity contribution is 6.30. The summed E-state index contributed by atoms with van der Waals surface area (Å²) in [5.41, 5.74) is -0.0140. The monoisotopic (exact) mass is 244 g/mol. The second kappa shape index (κ2) is 4.91. The summed E-state index contributed by atoms with van der Waals surface area (Å²) < 4.78 is 23.8. The average Bonchev–Trinajstić information content (AvgIpc) is 2.29. The number of carbonyl (C=O) groups is 1. The van der Waals surface area contributed by atoms with Crippen LogP contribution in [0.2, 0.25) is 5.02 Å². The van der Waals surface area contributed by atoms with Gasteiger partial charge in [0.1, 0.15) is 11.9 Å². The summed E-state index contributed by atoms with van der Waals surface area (Å²) in [6.07, 6.45) is -0.718. The first kappa shape index (κ1) is 11.5. The van der Waals surface area contributed by atoms with Crippen LogP contribution in [0.4, 0.5) is 4.39 Å². The molecule has 0 radical (unpaired) electrons. The molecule has 0 amide bonds. The normalized spacial score (nSPS) is 20.8. The zero-order chi connectivity index (χ0) is 11.5. The van der Waals surface area contributed by atoms with Crippen molar-refractivity contribution >= 4 is 17.4 Å². The molecule has 86 valence electrons. The predicted octanol–water partition coefficient (Wildman–Crippen LogP) is 2.08. The fourth-order valence-electron chi connectivity index (χ4n) is 1.50. The van der Waals surface area contributed by atoms with E-state index in [9.17, 15) is 9.18 Å². The van der Waals surface area contributed by atoms with Crippen molar-refractivity contribution in [1.82, 2.24) is 0 Å². The summed E-state index contributed by atoms with van der Waals surface area (Å²) in [6, 6.07) is 3.94. The lowest BCUT2D eigenvalue weighted by Gasteiger charge is -2.21. The number of carbonyl (C=O) groups excluding carboxylic acids is 1. The minimum absolute atomic E-state index is 0.0140. The maximum Gasteiger partial charge on any atom is 0.196 e. The van der Waals surface area contributed by atoms with Crippen molar-refractivity contribution in [2.45, 2.75) is 6.10 Å². The highest BCUT2D eigenvalue weighted by atomic mass is 35.5. The number of benzene rings is 1. The molecule has 0 saturated carbocycles. The highest BCUT2D eigenvalue weighted by Gasteiger charge is 2.25. The Kier molecular flexibility index (Phi) is 3.53. The largest absolute Gasteiger partial charge is 0.376 e. The molecule has 0 N–H and O–H groups in total. The Balaban J connectivity index is 2.19. The maximum absolute atomic E-state index is 13.5. The number of hydrogen-bond acceptors (Lipinski definition) is 3. The Labute approximate surface area is 97.1 Å². The molecule has 0 bridgehead atoms. The molecule has 1 aromatic carbocycles. The topological polar surface area (TPSA) is 35.5 Å². The molecular formula is C11H10ClFO3. The third kappa shape index (κ3) is 2.40. The van der Waals surface area contributed by atoms with Crippen molar-refractivity contribution in [3.05, 3.63) is 34.6 Å². The van der Waals surface area contributed by atoms with Crippen LogP contribution in [0.15, 0.2) is 18.2 Å². The lowest BCUT2D eigenvalue weighted by molar-refractivity contribution is -0.0720.